The zero-order chi connectivity index (χ0) is 18.6. The average Bonchev–Trinajstić information content (AvgIpc) is 2.72. The summed E-state index contributed by atoms with van der Waals surface area (Å²) in [6.07, 6.45) is 2.89. The number of nitrogens with one attached hydrogen (secondary N) is 1. The van der Waals surface area contributed by atoms with E-state index in [9.17, 15) is 9.18 Å². The second-order valence-corrected chi connectivity index (χ2v) is 6.85. The maximum absolute atomic E-state index is 13.6. The highest BCUT2D eigenvalue weighted by Crippen LogP contribution is 2.25. The number of rotatable bonds is 4. The van der Waals surface area contributed by atoms with Crippen LogP contribution in [0, 0.1) is 5.82 Å². The third-order valence-electron chi connectivity index (χ3n) is 5.14. The van der Waals surface area contributed by atoms with Crippen molar-refractivity contribution in [2.24, 2.45) is 0 Å². The van der Waals surface area contributed by atoms with E-state index < -0.39 is 0 Å². The van der Waals surface area contributed by atoms with Gasteiger partial charge in [-0.2, -0.15) is 0 Å². The normalized spacial score (nSPS) is 17.2. The van der Waals surface area contributed by atoms with E-state index in [1.165, 1.54) is 12.1 Å². The number of hydrogen-bond acceptors (Lipinski definition) is 3. The van der Waals surface area contributed by atoms with Gasteiger partial charge in [-0.3, -0.25) is 9.78 Å². The predicted octanol–water partition coefficient (Wildman–Crippen LogP) is 3.48. The fourth-order valence-electron chi connectivity index (χ4n) is 3.77. The van der Waals surface area contributed by atoms with Gasteiger partial charge in [0.1, 0.15) is 5.82 Å². The van der Waals surface area contributed by atoms with Gasteiger partial charge in [-0.1, -0.05) is 30.3 Å². The first-order chi connectivity index (χ1) is 13.2. The van der Waals surface area contributed by atoms with Gasteiger partial charge in [-0.25, -0.2) is 4.39 Å². The summed E-state index contributed by atoms with van der Waals surface area (Å²) in [5, 5.41) is 4.40. The number of piperazine rings is 1. The quantitative estimate of drug-likeness (QED) is 0.772. The molecule has 1 aliphatic heterocycles. The Bertz CT molecular complexity index is 954. The first kappa shape index (κ1) is 17.6. The van der Waals surface area contributed by atoms with Crippen LogP contribution in [0.2, 0.25) is 0 Å². The van der Waals surface area contributed by atoms with Gasteiger partial charge in [0, 0.05) is 37.6 Å². The molecule has 0 aliphatic carbocycles. The van der Waals surface area contributed by atoms with Crippen molar-refractivity contribution < 1.29 is 9.18 Å². The number of aromatic nitrogens is 1. The SMILES string of the molecule is O=C(CCc1ccnc2ccccc12)N1CCNCC1c1cccc(F)c1. The summed E-state index contributed by atoms with van der Waals surface area (Å²) in [5.74, 6) is -0.166. The molecule has 1 fully saturated rings. The van der Waals surface area contributed by atoms with E-state index in [-0.39, 0.29) is 17.8 Å². The van der Waals surface area contributed by atoms with Crippen molar-refractivity contribution in [3.05, 3.63) is 77.7 Å². The largest absolute Gasteiger partial charge is 0.333 e. The number of amides is 1. The van der Waals surface area contributed by atoms with Crippen LogP contribution < -0.4 is 5.32 Å². The van der Waals surface area contributed by atoms with E-state index in [1.807, 2.05) is 41.3 Å². The molecule has 3 aromatic rings. The number of carbonyl (C=O) groups excluding carboxylic acids is 1. The van der Waals surface area contributed by atoms with Crippen LogP contribution in [-0.4, -0.2) is 35.4 Å². The minimum Gasteiger partial charge on any atom is -0.333 e. The summed E-state index contributed by atoms with van der Waals surface area (Å²) in [5.41, 5.74) is 2.92. The van der Waals surface area contributed by atoms with Gasteiger partial charge >= 0.3 is 0 Å². The number of benzene rings is 2. The molecule has 27 heavy (non-hydrogen) atoms. The Kier molecular flexibility index (Phi) is 5.12. The van der Waals surface area contributed by atoms with Crippen molar-refractivity contribution >= 4 is 16.8 Å². The molecule has 1 amide bonds. The zero-order valence-electron chi connectivity index (χ0n) is 15.1. The molecule has 138 valence electrons. The van der Waals surface area contributed by atoms with Gasteiger partial charge in [0.15, 0.2) is 0 Å². The molecular weight excluding hydrogens is 341 g/mol. The Balaban J connectivity index is 1.51. The number of fused-ring (bicyclic) bond motifs is 1. The maximum atomic E-state index is 13.6. The number of hydrogen-bond donors (Lipinski definition) is 1. The summed E-state index contributed by atoms with van der Waals surface area (Å²) in [6.45, 7) is 2.04. The fourth-order valence-corrected chi connectivity index (χ4v) is 3.77. The Morgan fingerprint density at radius 2 is 2.07 bits per heavy atom. The summed E-state index contributed by atoms with van der Waals surface area (Å²) < 4.78 is 13.6. The molecule has 1 atom stereocenters. The van der Waals surface area contributed by atoms with Crippen molar-refractivity contribution in [1.29, 1.82) is 0 Å². The number of carbonyl (C=O) groups is 1. The number of pyridine rings is 1. The van der Waals surface area contributed by atoms with E-state index in [1.54, 1.807) is 12.3 Å². The van der Waals surface area contributed by atoms with Crippen LogP contribution in [0.5, 0.6) is 0 Å². The van der Waals surface area contributed by atoms with E-state index >= 15 is 0 Å². The Labute approximate surface area is 158 Å². The molecule has 5 heteroatoms. The Morgan fingerprint density at radius 3 is 2.96 bits per heavy atom. The van der Waals surface area contributed by atoms with Crippen molar-refractivity contribution in [2.75, 3.05) is 19.6 Å². The van der Waals surface area contributed by atoms with E-state index in [0.29, 0.717) is 25.9 Å². The first-order valence-electron chi connectivity index (χ1n) is 9.30. The van der Waals surface area contributed by atoms with Gasteiger partial charge in [0.25, 0.3) is 0 Å². The van der Waals surface area contributed by atoms with Crippen molar-refractivity contribution in [2.45, 2.75) is 18.9 Å². The average molecular weight is 363 g/mol. The summed E-state index contributed by atoms with van der Waals surface area (Å²) >= 11 is 0. The molecule has 1 aromatic heterocycles. The van der Waals surface area contributed by atoms with Crippen LogP contribution in [0.25, 0.3) is 10.9 Å². The molecule has 1 aliphatic rings. The molecule has 1 saturated heterocycles. The zero-order valence-corrected chi connectivity index (χ0v) is 15.1. The van der Waals surface area contributed by atoms with Gasteiger partial charge < -0.3 is 10.2 Å². The third kappa shape index (κ3) is 3.83. The van der Waals surface area contributed by atoms with Gasteiger partial charge in [-0.15, -0.1) is 0 Å². The van der Waals surface area contributed by atoms with Crippen LogP contribution in [-0.2, 0) is 11.2 Å². The molecule has 0 spiro atoms. The molecule has 2 aromatic carbocycles. The number of aryl methyl sites for hydroxylation is 1. The van der Waals surface area contributed by atoms with Crippen molar-refractivity contribution in [1.82, 2.24) is 15.2 Å². The van der Waals surface area contributed by atoms with E-state index in [4.69, 9.17) is 0 Å². The minimum absolute atomic E-state index is 0.103. The Morgan fingerprint density at radius 1 is 1.19 bits per heavy atom. The maximum Gasteiger partial charge on any atom is 0.223 e. The molecule has 1 N–H and O–H groups in total. The van der Waals surface area contributed by atoms with Crippen molar-refractivity contribution in [3.63, 3.8) is 0 Å². The second-order valence-electron chi connectivity index (χ2n) is 6.85. The molecule has 1 unspecified atom stereocenters. The highest BCUT2D eigenvalue weighted by Gasteiger charge is 2.27. The number of nitrogens with zero attached hydrogens (tertiary/aromatic N) is 2. The fraction of sp³-hybridized carbons (Fsp3) is 0.273. The predicted molar refractivity (Wildman–Crippen MR) is 104 cm³/mol. The summed E-state index contributed by atoms with van der Waals surface area (Å²) in [4.78, 5) is 19.2. The van der Waals surface area contributed by atoms with Gasteiger partial charge in [-0.05, 0) is 41.8 Å². The molecule has 0 radical (unpaired) electrons. The monoisotopic (exact) mass is 363 g/mol. The van der Waals surface area contributed by atoms with Crippen LogP contribution in [0.3, 0.4) is 0 Å². The molecular formula is C22H22FN3O. The van der Waals surface area contributed by atoms with Crippen LogP contribution in [0.15, 0.2) is 60.8 Å². The lowest BCUT2D eigenvalue weighted by Crippen LogP contribution is -2.48. The van der Waals surface area contributed by atoms with Gasteiger partial charge in [0.05, 0.1) is 11.6 Å². The number of halogens is 1. The van der Waals surface area contributed by atoms with Crippen LogP contribution in [0.4, 0.5) is 4.39 Å². The molecule has 0 bridgehead atoms. The van der Waals surface area contributed by atoms with Crippen LogP contribution in [0.1, 0.15) is 23.6 Å². The third-order valence-corrected chi connectivity index (χ3v) is 5.14. The topological polar surface area (TPSA) is 45.2 Å². The highest BCUT2D eigenvalue weighted by molar-refractivity contribution is 5.83. The summed E-state index contributed by atoms with van der Waals surface area (Å²) in [6, 6.07) is 16.4. The van der Waals surface area contributed by atoms with E-state index in [2.05, 4.69) is 10.3 Å². The lowest BCUT2D eigenvalue weighted by atomic mass is 10.0. The van der Waals surface area contributed by atoms with Gasteiger partial charge in [0.2, 0.25) is 5.91 Å². The standard InChI is InChI=1S/C22H22FN3O/c23-18-5-3-4-17(14-18)21-15-24-12-13-26(21)22(27)9-8-16-10-11-25-20-7-2-1-6-19(16)20/h1-7,10-11,14,21,24H,8-9,12-13,15H2. The van der Waals surface area contributed by atoms with Crippen LogP contribution >= 0.6 is 0 Å². The lowest BCUT2D eigenvalue weighted by Gasteiger charge is -2.36. The molecule has 4 rings (SSSR count). The number of para-hydroxylation sites is 1. The molecule has 4 nitrogen and oxygen atoms in total. The smallest absolute Gasteiger partial charge is 0.223 e. The lowest BCUT2D eigenvalue weighted by molar-refractivity contribution is -0.134. The summed E-state index contributed by atoms with van der Waals surface area (Å²) in [7, 11) is 0. The molecule has 0 saturated carbocycles. The van der Waals surface area contributed by atoms with Crippen molar-refractivity contribution in [3.8, 4) is 0 Å². The molecule has 2 heterocycles. The first-order valence-corrected chi connectivity index (χ1v) is 9.30. The minimum atomic E-state index is -0.270. The second kappa shape index (κ2) is 7.84. The van der Waals surface area contributed by atoms with E-state index in [0.717, 1.165) is 28.6 Å². The highest BCUT2D eigenvalue weighted by atomic mass is 19.1. The Hall–Kier alpha value is -2.79.